The molecule has 1 aliphatic heterocycles. The number of halogens is 1. The number of carbonyl (C=O) groups is 1. The Morgan fingerprint density at radius 1 is 1.18 bits per heavy atom. The number of anilines is 1. The average Bonchev–Trinajstić information content (AvgIpc) is 2.66. The number of aliphatic carboxylic acids is 1. The van der Waals surface area contributed by atoms with Crippen molar-refractivity contribution in [1.82, 2.24) is 0 Å². The van der Waals surface area contributed by atoms with E-state index >= 15 is 0 Å². The molecule has 0 radical (unpaired) electrons. The number of para-hydroxylation sites is 1. The molecule has 0 unspecified atom stereocenters. The summed E-state index contributed by atoms with van der Waals surface area (Å²) in [5, 5.41) is 9.09. The monoisotopic (exact) mass is 321 g/mol. The van der Waals surface area contributed by atoms with E-state index in [9.17, 15) is 17.6 Å². The fraction of sp³-hybridized carbons (Fsp3) is 0.133. The first kappa shape index (κ1) is 14.5. The van der Waals surface area contributed by atoms with Gasteiger partial charge in [0, 0.05) is 0 Å². The summed E-state index contributed by atoms with van der Waals surface area (Å²) in [6.07, 6.45) is -0.440. The predicted molar refractivity (Wildman–Crippen MR) is 77.5 cm³/mol. The second kappa shape index (κ2) is 5.10. The first-order valence-electron chi connectivity index (χ1n) is 6.52. The van der Waals surface area contributed by atoms with Gasteiger partial charge in [0.1, 0.15) is 5.82 Å². The van der Waals surface area contributed by atoms with E-state index in [-0.39, 0.29) is 10.5 Å². The van der Waals surface area contributed by atoms with Crippen molar-refractivity contribution >= 4 is 21.7 Å². The second-order valence-electron chi connectivity index (χ2n) is 4.93. The van der Waals surface area contributed by atoms with Gasteiger partial charge in [-0.05, 0) is 35.9 Å². The first-order valence-corrected chi connectivity index (χ1v) is 7.96. The third-order valence-corrected chi connectivity index (χ3v) is 5.44. The Balaban J connectivity index is 2.22. The molecule has 0 aromatic heterocycles. The van der Waals surface area contributed by atoms with Crippen LogP contribution in [0.15, 0.2) is 53.4 Å². The maximum atomic E-state index is 13.5. The molecule has 0 fully saturated rings. The molecule has 0 bridgehead atoms. The molecule has 22 heavy (non-hydrogen) atoms. The summed E-state index contributed by atoms with van der Waals surface area (Å²) in [7, 11) is -3.91. The van der Waals surface area contributed by atoms with Gasteiger partial charge in [0.15, 0.2) is 0 Å². The molecule has 0 amide bonds. The van der Waals surface area contributed by atoms with Gasteiger partial charge in [0.05, 0.1) is 23.0 Å². The van der Waals surface area contributed by atoms with Gasteiger partial charge in [-0.25, -0.2) is 12.8 Å². The van der Waals surface area contributed by atoms with E-state index in [0.717, 1.165) is 16.4 Å². The smallest absolute Gasteiger partial charge is 0.305 e. The van der Waals surface area contributed by atoms with Crippen molar-refractivity contribution in [2.24, 2.45) is 0 Å². The van der Waals surface area contributed by atoms with Gasteiger partial charge in [-0.3, -0.25) is 9.10 Å². The van der Waals surface area contributed by atoms with E-state index < -0.39 is 34.3 Å². The fourth-order valence-electron chi connectivity index (χ4n) is 2.67. The van der Waals surface area contributed by atoms with E-state index in [2.05, 4.69) is 0 Å². The van der Waals surface area contributed by atoms with E-state index in [1.54, 1.807) is 30.3 Å². The molecule has 0 aliphatic carbocycles. The number of hydrogen-bond donors (Lipinski definition) is 1. The van der Waals surface area contributed by atoms with Crippen LogP contribution in [-0.2, 0) is 14.8 Å². The van der Waals surface area contributed by atoms with Crippen LogP contribution < -0.4 is 4.31 Å². The van der Waals surface area contributed by atoms with Gasteiger partial charge < -0.3 is 5.11 Å². The Labute approximate surface area is 126 Å². The Bertz CT molecular complexity index is 836. The highest BCUT2D eigenvalue weighted by Gasteiger charge is 2.43. The third kappa shape index (κ3) is 2.23. The molecule has 7 heteroatoms. The third-order valence-electron chi connectivity index (χ3n) is 3.53. The summed E-state index contributed by atoms with van der Waals surface area (Å²) in [5.74, 6) is -1.75. The summed E-state index contributed by atoms with van der Waals surface area (Å²) in [4.78, 5) is 11.1. The van der Waals surface area contributed by atoms with E-state index in [0.29, 0.717) is 5.69 Å². The number of benzene rings is 2. The Hall–Kier alpha value is -2.41. The van der Waals surface area contributed by atoms with E-state index in [1.165, 1.54) is 6.07 Å². The van der Waals surface area contributed by atoms with Crippen LogP contribution in [-0.4, -0.2) is 19.5 Å². The fourth-order valence-corrected chi connectivity index (χ4v) is 4.53. The first-order chi connectivity index (χ1) is 10.4. The van der Waals surface area contributed by atoms with Crippen molar-refractivity contribution in [2.75, 3.05) is 4.31 Å². The Morgan fingerprint density at radius 3 is 2.50 bits per heavy atom. The van der Waals surface area contributed by atoms with Crippen LogP contribution in [0.5, 0.6) is 0 Å². The largest absolute Gasteiger partial charge is 0.481 e. The number of rotatable bonds is 3. The molecule has 1 aliphatic rings. The highest BCUT2D eigenvalue weighted by Crippen LogP contribution is 2.44. The Morgan fingerprint density at radius 2 is 1.86 bits per heavy atom. The summed E-state index contributed by atoms with van der Waals surface area (Å²) in [5.41, 5.74) is 0.525. The topological polar surface area (TPSA) is 74.7 Å². The molecule has 0 saturated carbocycles. The van der Waals surface area contributed by atoms with Gasteiger partial charge >= 0.3 is 5.97 Å². The molecule has 1 atom stereocenters. The minimum absolute atomic E-state index is 0.0518. The lowest BCUT2D eigenvalue weighted by molar-refractivity contribution is -0.137. The number of sulfonamides is 1. The zero-order valence-corrected chi connectivity index (χ0v) is 12.1. The molecule has 1 N–H and O–H groups in total. The number of fused-ring (bicyclic) bond motifs is 1. The minimum Gasteiger partial charge on any atom is -0.481 e. The van der Waals surface area contributed by atoms with Gasteiger partial charge in [-0.1, -0.05) is 18.2 Å². The van der Waals surface area contributed by atoms with Gasteiger partial charge in [-0.15, -0.1) is 0 Å². The molecule has 5 nitrogen and oxygen atoms in total. The molecular weight excluding hydrogens is 309 g/mol. The SMILES string of the molecule is O=C(O)C[C@H]1c2cc(F)ccc2S(=O)(=O)N1c1ccccc1. The van der Waals surface area contributed by atoms with Gasteiger partial charge in [0.25, 0.3) is 10.0 Å². The number of nitrogens with zero attached hydrogens (tertiary/aromatic N) is 1. The quantitative estimate of drug-likeness (QED) is 0.943. The highest BCUT2D eigenvalue weighted by atomic mass is 32.2. The van der Waals surface area contributed by atoms with Crippen molar-refractivity contribution < 1.29 is 22.7 Å². The Kier molecular flexibility index (Phi) is 3.37. The number of hydrogen-bond acceptors (Lipinski definition) is 3. The van der Waals surface area contributed by atoms with Crippen LogP contribution >= 0.6 is 0 Å². The maximum absolute atomic E-state index is 13.5. The highest BCUT2D eigenvalue weighted by molar-refractivity contribution is 7.93. The molecule has 3 rings (SSSR count). The van der Waals surface area contributed by atoms with Crippen molar-refractivity contribution in [3.05, 3.63) is 59.9 Å². The molecule has 1 heterocycles. The summed E-state index contributed by atoms with van der Waals surface area (Å²) in [6.45, 7) is 0. The van der Waals surface area contributed by atoms with Crippen LogP contribution in [0.4, 0.5) is 10.1 Å². The normalized spacial score (nSPS) is 19.0. The molecule has 114 valence electrons. The van der Waals surface area contributed by atoms with Gasteiger partial charge in [-0.2, -0.15) is 0 Å². The maximum Gasteiger partial charge on any atom is 0.305 e. The van der Waals surface area contributed by atoms with E-state index in [1.807, 2.05) is 0 Å². The average molecular weight is 321 g/mol. The summed E-state index contributed by atoms with van der Waals surface area (Å²) >= 11 is 0. The molecule has 0 saturated heterocycles. The van der Waals surface area contributed by atoms with Crippen LogP contribution in [0.2, 0.25) is 0 Å². The van der Waals surface area contributed by atoms with Crippen molar-refractivity contribution in [1.29, 1.82) is 0 Å². The second-order valence-corrected chi connectivity index (χ2v) is 6.72. The lowest BCUT2D eigenvalue weighted by Crippen LogP contribution is -2.29. The van der Waals surface area contributed by atoms with Crippen molar-refractivity contribution in [2.45, 2.75) is 17.4 Å². The molecule has 2 aromatic rings. The molecule has 0 spiro atoms. The predicted octanol–water partition coefficient (Wildman–Crippen LogP) is 2.55. The summed E-state index contributed by atoms with van der Waals surface area (Å²) < 4.78 is 39.9. The lowest BCUT2D eigenvalue weighted by Gasteiger charge is -2.24. The minimum atomic E-state index is -3.91. The van der Waals surface area contributed by atoms with E-state index in [4.69, 9.17) is 5.11 Å². The summed E-state index contributed by atoms with van der Waals surface area (Å²) in [6, 6.07) is 10.6. The standard InChI is InChI=1S/C15H12FNO4S/c16-10-6-7-14-12(8-10)13(9-15(18)19)17(22(14,20)21)11-4-2-1-3-5-11/h1-8,13H,9H2,(H,18,19)/t13-/m0/s1. The zero-order valence-electron chi connectivity index (χ0n) is 11.3. The van der Waals surface area contributed by atoms with Crippen molar-refractivity contribution in [3.63, 3.8) is 0 Å². The zero-order chi connectivity index (χ0) is 15.9. The van der Waals surface area contributed by atoms with Crippen molar-refractivity contribution in [3.8, 4) is 0 Å². The van der Waals surface area contributed by atoms with Crippen LogP contribution in [0.25, 0.3) is 0 Å². The van der Waals surface area contributed by atoms with Crippen LogP contribution in [0.1, 0.15) is 18.0 Å². The van der Waals surface area contributed by atoms with Crippen LogP contribution in [0, 0.1) is 5.82 Å². The van der Waals surface area contributed by atoms with Crippen LogP contribution in [0.3, 0.4) is 0 Å². The molecule has 2 aromatic carbocycles. The number of carboxylic acid groups (broad SMARTS) is 1. The molecular formula is C15H12FNO4S. The lowest BCUT2D eigenvalue weighted by atomic mass is 10.0. The number of carboxylic acids is 1. The van der Waals surface area contributed by atoms with Gasteiger partial charge in [0.2, 0.25) is 0 Å².